The Morgan fingerprint density at radius 2 is 1.76 bits per heavy atom. The van der Waals surface area contributed by atoms with E-state index in [9.17, 15) is 22.8 Å². The van der Waals surface area contributed by atoms with Gasteiger partial charge in [0, 0.05) is 16.6 Å². The van der Waals surface area contributed by atoms with E-state index in [-0.39, 0.29) is 11.7 Å². The number of carbonyl (C=O) groups excluding carboxylic acids is 2. The highest BCUT2D eigenvalue weighted by Crippen LogP contribution is 2.35. The molecule has 1 atom stereocenters. The van der Waals surface area contributed by atoms with Crippen molar-refractivity contribution in [2.75, 3.05) is 4.90 Å². The predicted octanol–water partition coefficient (Wildman–Crippen LogP) is 5.14. The van der Waals surface area contributed by atoms with E-state index in [4.69, 9.17) is 0 Å². The fourth-order valence-corrected chi connectivity index (χ4v) is 4.39. The van der Waals surface area contributed by atoms with Crippen molar-refractivity contribution in [1.82, 2.24) is 5.32 Å². The lowest BCUT2D eigenvalue weighted by Crippen LogP contribution is -2.50. The fraction of sp³-hybridized carbons (Fsp3) is 0.429. The maximum absolute atomic E-state index is 13.5. The molecule has 1 fully saturated rings. The van der Waals surface area contributed by atoms with Crippen molar-refractivity contribution in [1.29, 1.82) is 0 Å². The molecule has 1 aliphatic carbocycles. The number of hydrogen-bond acceptors (Lipinski definition) is 3. The third kappa shape index (κ3) is 5.18. The number of alkyl halides is 3. The summed E-state index contributed by atoms with van der Waals surface area (Å²) in [6.45, 7) is 1.80. The van der Waals surface area contributed by atoms with Crippen LogP contribution >= 0.6 is 11.3 Å². The van der Waals surface area contributed by atoms with Crippen LogP contribution in [-0.2, 0) is 9.59 Å². The third-order valence-corrected chi connectivity index (χ3v) is 5.97. The summed E-state index contributed by atoms with van der Waals surface area (Å²) in [6, 6.07) is 7.90. The number of nitrogens with zero attached hydrogens (tertiary/aromatic N) is 1. The van der Waals surface area contributed by atoms with Gasteiger partial charge in [-0.3, -0.25) is 14.5 Å². The average molecular weight is 424 g/mol. The summed E-state index contributed by atoms with van der Waals surface area (Å²) in [5, 5.41) is 4.56. The van der Waals surface area contributed by atoms with Crippen LogP contribution in [0.1, 0.15) is 48.6 Å². The van der Waals surface area contributed by atoms with Gasteiger partial charge in [0.1, 0.15) is 0 Å². The molecule has 2 aromatic rings. The normalized spacial score (nSPS) is 16.3. The Bertz CT molecular complexity index is 829. The van der Waals surface area contributed by atoms with Gasteiger partial charge in [0.2, 0.25) is 5.91 Å². The largest absolute Gasteiger partial charge is 0.471 e. The van der Waals surface area contributed by atoms with Crippen LogP contribution in [0.15, 0.2) is 41.8 Å². The van der Waals surface area contributed by atoms with Gasteiger partial charge in [-0.1, -0.05) is 43.0 Å². The Hall–Kier alpha value is -2.35. The molecule has 1 aromatic carbocycles. The van der Waals surface area contributed by atoms with Crippen molar-refractivity contribution in [3.05, 3.63) is 52.2 Å². The second-order valence-corrected chi connectivity index (χ2v) is 8.25. The van der Waals surface area contributed by atoms with Crippen molar-refractivity contribution in [2.24, 2.45) is 0 Å². The number of amides is 2. The van der Waals surface area contributed by atoms with Crippen molar-refractivity contribution < 1.29 is 22.8 Å². The first-order valence-electron chi connectivity index (χ1n) is 9.58. The standard InChI is InChI=1S/C21H23F3N2O2S/c1-14-9-11-16(12-10-14)26(20(28)21(22,23)24)18(17-8-5-13-29-17)19(27)25-15-6-3-2-4-7-15/h5,8-13,15,18H,2-4,6-7H2,1H3,(H,25,27)/t18-/m0/s1. The maximum Gasteiger partial charge on any atom is 0.471 e. The summed E-state index contributed by atoms with van der Waals surface area (Å²) < 4.78 is 40.4. The monoisotopic (exact) mass is 424 g/mol. The smallest absolute Gasteiger partial charge is 0.351 e. The van der Waals surface area contributed by atoms with Gasteiger partial charge in [-0.2, -0.15) is 13.2 Å². The molecule has 1 N–H and O–H groups in total. The lowest BCUT2D eigenvalue weighted by Gasteiger charge is -2.33. The maximum atomic E-state index is 13.5. The molecular formula is C21H23F3N2O2S. The number of benzene rings is 1. The van der Waals surface area contributed by atoms with Gasteiger partial charge in [-0.15, -0.1) is 11.3 Å². The minimum absolute atomic E-state index is 0.0371. The highest BCUT2D eigenvalue weighted by Gasteiger charge is 2.47. The van der Waals surface area contributed by atoms with Gasteiger partial charge in [-0.25, -0.2) is 0 Å². The van der Waals surface area contributed by atoms with Crippen LogP contribution in [0, 0.1) is 6.92 Å². The second-order valence-electron chi connectivity index (χ2n) is 7.27. The van der Waals surface area contributed by atoms with E-state index in [1.165, 1.54) is 12.1 Å². The van der Waals surface area contributed by atoms with Gasteiger partial charge < -0.3 is 5.32 Å². The van der Waals surface area contributed by atoms with Crippen LogP contribution < -0.4 is 10.2 Å². The van der Waals surface area contributed by atoms with E-state index in [1.807, 2.05) is 0 Å². The molecule has 0 radical (unpaired) electrons. The highest BCUT2D eigenvalue weighted by atomic mass is 32.1. The van der Waals surface area contributed by atoms with Gasteiger partial charge in [0.15, 0.2) is 6.04 Å². The quantitative estimate of drug-likeness (QED) is 0.722. The fourth-order valence-electron chi connectivity index (χ4n) is 3.57. The first kappa shape index (κ1) is 21.4. The van der Waals surface area contributed by atoms with Crippen LogP contribution in [0.25, 0.3) is 0 Å². The van der Waals surface area contributed by atoms with E-state index >= 15 is 0 Å². The van der Waals surface area contributed by atoms with E-state index in [0.29, 0.717) is 9.78 Å². The molecule has 1 saturated carbocycles. The number of nitrogens with one attached hydrogen (secondary N) is 1. The molecule has 29 heavy (non-hydrogen) atoms. The third-order valence-electron chi connectivity index (χ3n) is 5.04. The topological polar surface area (TPSA) is 49.4 Å². The number of hydrogen-bond donors (Lipinski definition) is 1. The molecule has 3 rings (SSSR count). The molecule has 1 heterocycles. The molecule has 0 aliphatic heterocycles. The summed E-state index contributed by atoms with van der Waals surface area (Å²) in [7, 11) is 0. The SMILES string of the molecule is Cc1ccc(N(C(=O)C(F)(F)F)[C@H](C(=O)NC2CCCCC2)c2cccs2)cc1. The van der Waals surface area contributed by atoms with E-state index in [1.54, 1.807) is 36.6 Å². The minimum Gasteiger partial charge on any atom is -0.351 e. The van der Waals surface area contributed by atoms with Gasteiger partial charge in [0.25, 0.3) is 0 Å². The zero-order chi connectivity index (χ0) is 21.0. The molecule has 2 amide bonds. The number of thiophene rings is 1. The van der Waals surface area contributed by atoms with E-state index in [0.717, 1.165) is 49.0 Å². The molecule has 0 saturated heterocycles. The van der Waals surface area contributed by atoms with Gasteiger partial charge in [0.05, 0.1) is 0 Å². The summed E-state index contributed by atoms with van der Waals surface area (Å²) in [5.41, 5.74) is 0.877. The number of rotatable bonds is 5. The molecule has 4 nitrogen and oxygen atoms in total. The molecule has 8 heteroatoms. The first-order chi connectivity index (χ1) is 13.8. The van der Waals surface area contributed by atoms with Crippen molar-refractivity contribution >= 4 is 28.8 Å². The lowest BCUT2D eigenvalue weighted by molar-refractivity contribution is -0.171. The summed E-state index contributed by atoms with van der Waals surface area (Å²) in [5.74, 6) is -2.64. The predicted molar refractivity (Wildman–Crippen MR) is 107 cm³/mol. The van der Waals surface area contributed by atoms with Gasteiger partial charge in [-0.05, 0) is 43.3 Å². The summed E-state index contributed by atoms with van der Waals surface area (Å²) in [4.78, 5) is 26.5. The Morgan fingerprint density at radius 1 is 1.10 bits per heavy atom. The highest BCUT2D eigenvalue weighted by molar-refractivity contribution is 7.10. The first-order valence-corrected chi connectivity index (χ1v) is 10.5. The average Bonchev–Trinajstić information content (AvgIpc) is 3.20. The summed E-state index contributed by atoms with van der Waals surface area (Å²) >= 11 is 1.15. The number of halogens is 3. The zero-order valence-electron chi connectivity index (χ0n) is 16.0. The van der Waals surface area contributed by atoms with E-state index in [2.05, 4.69) is 5.32 Å². The van der Waals surface area contributed by atoms with Crippen molar-refractivity contribution in [3.63, 3.8) is 0 Å². The minimum atomic E-state index is -5.11. The van der Waals surface area contributed by atoms with Crippen LogP contribution in [0.4, 0.5) is 18.9 Å². The zero-order valence-corrected chi connectivity index (χ0v) is 16.9. The van der Waals surface area contributed by atoms with Crippen LogP contribution in [0.2, 0.25) is 0 Å². The lowest BCUT2D eigenvalue weighted by atomic mass is 9.95. The summed E-state index contributed by atoms with van der Waals surface area (Å²) in [6.07, 6.45) is -0.495. The molecule has 0 unspecified atom stereocenters. The van der Waals surface area contributed by atoms with Crippen LogP contribution in [-0.4, -0.2) is 24.0 Å². The van der Waals surface area contributed by atoms with Crippen LogP contribution in [0.3, 0.4) is 0 Å². The number of anilines is 1. The Morgan fingerprint density at radius 3 is 2.31 bits per heavy atom. The molecule has 0 bridgehead atoms. The van der Waals surface area contributed by atoms with Crippen molar-refractivity contribution in [2.45, 2.75) is 57.3 Å². The molecule has 1 aliphatic rings. The number of carbonyl (C=O) groups is 2. The van der Waals surface area contributed by atoms with E-state index < -0.39 is 24.0 Å². The Balaban J connectivity index is 2.01. The Kier molecular flexibility index (Phi) is 6.62. The number of aryl methyl sites for hydroxylation is 1. The van der Waals surface area contributed by atoms with Crippen LogP contribution in [0.5, 0.6) is 0 Å². The van der Waals surface area contributed by atoms with Gasteiger partial charge >= 0.3 is 12.1 Å². The molecule has 1 aromatic heterocycles. The van der Waals surface area contributed by atoms with Crippen molar-refractivity contribution in [3.8, 4) is 0 Å². The molecule has 0 spiro atoms. The Labute approximate surface area is 171 Å². The molecule has 156 valence electrons. The molecular weight excluding hydrogens is 401 g/mol. The second kappa shape index (κ2) is 8.98.